The molecule has 8 nitrogen and oxygen atoms in total. The lowest BCUT2D eigenvalue weighted by atomic mass is 9.88. The molecule has 1 rings (SSSR count). The maximum Gasteiger partial charge on any atom is 0.236 e. The van der Waals surface area contributed by atoms with E-state index in [4.69, 9.17) is 11.5 Å². The van der Waals surface area contributed by atoms with E-state index in [9.17, 15) is 9.59 Å². The highest BCUT2D eigenvalue weighted by molar-refractivity contribution is 5.81. The summed E-state index contributed by atoms with van der Waals surface area (Å²) in [4.78, 5) is 24.1. The number of hydrogen-bond acceptors (Lipinski definition) is 6. The smallest absolute Gasteiger partial charge is 0.236 e. The lowest BCUT2D eigenvalue weighted by molar-refractivity contribution is -0.125. The van der Waals surface area contributed by atoms with Gasteiger partial charge in [-0.15, -0.1) is 0 Å². The van der Waals surface area contributed by atoms with Gasteiger partial charge in [0.05, 0.1) is 6.04 Å². The van der Waals surface area contributed by atoms with Crippen LogP contribution in [0.15, 0.2) is 0 Å². The molecule has 8 N–H and O–H groups in total. The van der Waals surface area contributed by atoms with E-state index in [1.54, 1.807) is 0 Å². The van der Waals surface area contributed by atoms with Gasteiger partial charge < -0.3 is 32.7 Å². The maximum atomic E-state index is 12.1. The van der Waals surface area contributed by atoms with Crippen LogP contribution in [0, 0.1) is 5.92 Å². The molecule has 0 radical (unpaired) electrons. The molecule has 0 aromatic carbocycles. The molecule has 2 amide bonds. The molecule has 176 valence electrons. The van der Waals surface area contributed by atoms with Gasteiger partial charge in [-0.05, 0) is 84.1 Å². The summed E-state index contributed by atoms with van der Waals surface area (Å²) in [5, 5.41) is 12.7. The molecule has 1 saturated carbocycles. The van der Waals surface area contributed by atoms with Crippen LogP contribution in [0.1, 0.15) is 70.6 Å². The monoisotopic (exact) mass is 426 g/mol. The van der Waals surface area contributed by atoms with E-state index < -0.39 is 6.04 Å². The summed E-state index contributed by atoms with van der Waals surface area (Å²) >= 11 is 0. The minimum Gasteiger partial charge on any atom is -0.356 e. The van der Waals surface area contributed by atoms with Crippen LogP contribution >= 0.6 is 0 Å². The molecular weight excluding hydrogens is 380 g/mol. The van der Waals surface area contributed by atoms with Crippen molar-refractivity contribution < 1.29 is 9.59 Å². The molecule has 30 heavy (non-hydrogen) atoms. The lowest BCUT2D eigenvalue weighted by Gasteiger charge is -2.20. The highest BCUT2D eigenvalue weighted by Crippen LogP contribution is 2.23. The SMILES string of the molecule is NCCCNCCCCNCCCNC(=O)C(N)CCCNC(=O)C1CCCCC1. The number of carbonyl (C=O) groups excluding carboxylic acids is 2. The van der Waals surface area contributed by atoms with Crippen LogP contribution in [0.25, 0.3) is 0 Å². The molecule has 1 aliphatic carbocycles. The molecule has 0 aliphatic heterocycles. The summed E-state index contributed by atoms with van der Waals surface area (Å²) in [7, 11) is 0. The van der Waals surface area contributed by atoms with E-state index in [2.05, 4.69) is 21.3 Å². The van der Waals surface area contributed by atoms with Crippen LogP contribution in [-0.2, 0) is 9.59 Å². The van der Waals surface area contributed by atoms with Crippen molar-refractivity contribution in [3.63, 3.8) is 0 Å². The van der Waals surface area contributed by atoms with Gasteiger partial charge in [0.2, 0.25) is 11.8 Å². The van der Waals surface area contributed by atoms with Crippen molar-refractivity contribution in [1.82, 2.24) is 21.3 Å². The second-order valence-electron chi connectivity index (χ2n) is 8.37. The summed E-state index contributed by atoms with van der Waals surface area (Å²) in [5.74, 6) is 0.252. The highest BCUT2D eigenvalue weighted by atomic mass is 16.2. The fourth-order valence-corrected chi connectivity index (χ4v) is 3.71. The Morgan fingerprint density at radius 3 is 2.03 bits per heavy atom. The number of nitrogens with two attached hydrogens (primary N) is 2. The zero-order valence-corrected chi connectivity index (χ0v) is 18.9. The molecule has 0 aromatic rings. The van der Waals surface area contributed by atoms with Crippen molar-refractivity contribution in [1.29, 1.82) is 0 Å². The van der Waals surface area contributed by atoms with E-state index in [0.717, 1.165) is 90.5 Å². The third-order valence-corrected chi connectivity index (χ3v) is 5.65. The molecule has 0 heterocycles. The Kier molecular flexibility index (Phi) is 16.6. The van der Waals surface area contributed by atoms with Gasteiger partial charge in [-0.3, -0.25) is 9.59 Å². The average molecular weight is 427 g/mol. The first kappa shape index (κ1) is 26.8. The summed E-state index contributed by atoms with van der Waals surface area (Å²) in [5.41, 5.74) is 11.4. The fraction of sp³-hybridized carbons (Fsp3) is 0.909. The van der Waals surface area contributed by atoms with Crippen molar-refractivity contribution in [2.75, 3.05) is 45.8 Å². The number of hydrogen-bond donors (Lipinski definition) is 6. The van der Waals surface area contributed by atoms with Gasteiger partial charge in [-0.1, -0.05) is 19.3 Å². The second kappa shape index (κ2) is 18.5. The van der Waals surface area contributed by atoms with E-state index in [1.165, 1.54) is 6.42 Å². The van der Waals surface area contributed by atoms with E-state index in [1.807, 2.05) is 0 Å². The average Bonchev–Trinajstić information content (AvgIpc) is 2.77. The maximum absolute atomic E-state index is 12.1. The molecule has 0 saturated heterocycles. The van der Waals surface area contributed by atoms with E-state index in [-0.39, 0.29) is 17.7 Å². The summed E-state index contributed by atoms with van der Waals surface area (Å²) in [6.45, 7) is 5.92. The Morgan fingerprint density at radius 2 is 1.37 bits per heavy atom. The van der Waals surface area contributed by atoms with Crippen molar-refractivity contribution in [2.45, 2.75) is 76.7 Å². The third kappa shape index (κ3) is 13.9. The molecule has 0 bridgehead atoms. The minimum absolute atomic E-state index is 0.0999. The van der Waals surface area contributed by atoms with E-state index >= 15 is 0 Å². The Hall–Kier alpha value is -1.22. The number of amides is 2. The summed E-state index contributed by atoms with van der Waals surface area (Å²) < 4.78 is 0. The zero-order valence-electron chi connectivity index (χ0n) is 18.9. The van der Waals surface area contributed by atoms with Crippen molar-refractivity contribution >= 4 is 11.8 Å². The van der Waals surface area contributed by atoms with Gasteiger partial charge in [0.1, 0.15) is 0 Å². The zero-order chi connectivity index (χ0) is 21.9. The molecule has 1 aliphatic rings. The quantitative estimate of drug-likeness (QED) is 0.178. The molecule has 0 aromatic heterocycles. The first-order valence-corrected chi connectivity index (χ1v) is 12.1. The van der Waals surface area contributed by atoms with Crippen LogP contribution in [0.2, 0.25) is 0 Å². The first-order chi connectivity index (χ1) is 14.6. The number of rotatable bonds is 18. The standard InChI is InChI=1S/C22H46N6O2/c23-12-7-15-25-13-4-5-14-26-16-8-18-28-22(30)20(24)11-6-17-27-21(29)19-9-2-1-3-10-19/h19-20,25-26H,1-18,23-24H2,(H,27,29)(H,28,30). The number of unbranched alkanes of at least 4 members (excludes halogenated alkanes) is 1. The highest BCUT2D eigenvalue weighted by Gasteiger charge is 2.20. The minimum atomic E-state index is -0.503. The van der Waals surface area contributed by atoms with Gasteiger partial charge in [-0.25, -0.2) is 0 Å². The van der Waals surface area contributed by atoms with Gasteiger partial charge in [0.15, 0.2) is 0 Å². The third-order valence-electron chi connectivity index (χ3n) is 5.65. The van der Waals surface area contributed by atoms with Crippen molar-refractivity contribution in [3.8, 4) is 0 Å². The molecule has 8 heteroatoms. The van der Waals surface area contributed by atoms with Crippen molar-refractivity contribution in [2.24, 2.45) is 17.4 Å². The number of nitrogens with one attached hydrogen (secondary N) is 4. The van der Waals surface area contributed by atoms with Crippen molar-refractivity contribution in [3.05, 3.63) is 0 Å². The number of carbonyl (C=O) groups is 2. The van der Waals surface area contributed by atoms with Gasteiger partial charge in [-0.2, -0.15) is 0 Å². The Morgan fingerprint density at radius 1 is 0.767 bits per heavy atom. The van der Waals surface area contributed by atoms with Crippen LogP contribution in [0.4, 0.5) is 0 Å². The molecular formula is C22H46N6O2. The van der Waals surface area contributed by atoms with Crippen LogP contribution in [0.5, 0.6) is 0 Å². The van der Waals surface area contributed by atoms with Gasteiger partial charge in [0.25, 0.3) is 0 Å². The lowest BCUT2D eigenvalue weighted by Crippen LogP contribution is -2.42. The fourth-order valence-electron chi connectivity index (χ4n) is 3.71. The van der Waals surface area contributed by atoms with Crippen LogP contribution < -0.4 is 32.7 Å². The Balaban J connectivity index is 1.88. The van der Waals surface area contributed by atoms with Gasteiger partial charge >= 0.3 is 0 Å². The normalized spacial score (nSPS) is 15.7. The van der Waals surface area contributed by atoms with Crippen LogP contribution in [0.3, 0.4) is 0 Å². The van der Waals surface area contributed by atoms with E-state index in [0.29, 0.717) is 19.5 Å². The summed E-state index contributed by atoms with van der Waals surface area (Å²) in [6, 6.07) is -0.503. The topological polar surface area (TPSA) is 134 Å². The van der Waals surface area contributed by atoms with Gasteiger partial charge in [0, 0.05) is 19.0 Å². The van der Waals surface area contributed by atoms with Crippen LogP contribution in [-0.4, -0.2) is 63.7 Å². The molecule has 1 atom stereocenters. The molecule has 1 fully saturated rings. The Labute approximate surface area is 183 Å². The summed E-state index contributed by atoms with van der Waals surface area (Å²) in [6.07, 6.45) is 11.1. The molecule has 1 unspecified atom stereocenters. The first-order valence-electron chi connectivity index (χ1n) is 12.1. The molecule has 0 spiro atoms. The Bertz CT molecular complexity index is 443. The predicted molar refractivity (Wildman–Crippen MR) is 123 cm³/mol. The predicted octanol–water partition coefficient (Wildman–Crippen LogP) is 0.605. The second-order valence-corrected chi connectivity index (χ2v) is 8.37. The largest absolute Gasteiger partial charge is 0.356 e.